The predicted molar refractivity (Wildman–Crippen MR) is 160 cm³/mol. The molecule has 2 atom stereocenters. The Morgan fingerprint density at radius 3 is 2.47 bits per heavy atom. The summed E-state index contributed by atoms with van der Waals surface area (Å²) in [6.45, 7) is -0.301. The quantitative estimate of drug-likeness (QED) is 0.201. The second-order valence-corrected chi connectivity index (χ2v) is 11.1. The van der Waals surface area contributed by atoms with Gasteiger partial charge in [0.1, 0.15) is 34.8 Å². The van der Waals surface area contributed by atoms with Crippen LogP contribution in [0.4, 0.5) is 17.6 Å². The number of aliphatic hydroxyl groups is 1. The molecular formula is C33H25F4N5O5. The summed E-state index contributed by atoms with van der Waals surface area (Å²) in [4.78, 5) is 38.3. The minimum Gasteiger partial charge on any atom is -0.489 e. The van der Waals surface area contributed by atoms with Crippen molar-refractivity contribution in [3.05, 3.63) is 108 Å². The van der Waals surface area contributed by atoms with Gasteiger partial charge in [0.05, 0.1) is 12.2 Å². The van der Waals surface area contributed by atoms with Crippen molar-refractivity contribution in [2.24, 2.45) is 5.73 Å². The summed E-state index contributed by atoms with van der Waals surface area (Å²) in [5, 5.41) is 13.9. The monoisotopic (exact) mass is 647 g/mol. The van der Waals surface area contributed by atoms with E-state index in [1.54, 1.807) is 30.3 Å². The summed E-state index contributed by atoms with van der Waals surface area (Å²) < 4.78 is 69.6. The Morgan fingerprint density at radius 1 is 1.04 bits per heavy atom. The van der Waals surface area contributed by atoms with Crippen molar-refractivity contribution in [3.63, 3.8) is 0 Å². The average Bonchev–Trinajstić information content (AvgIpc) is 3.41. The van der Waals surface area contributed by atoms with Gasteiger partial charge in [-0.15, -0.1) is 0 Å². The third-order valence-corrected chi connectivity index (χ3v) is 7.92. The zero-order chi connectivity index (χ0) is 33.6. The standard InChI is InChI=1S/C33H25F4N5O5/c1-31(30(38)44)17-46-28-22(31)15-24(42-27(28)18-7-9-21(34)10-8-18)32(45,33(35,36)37)16-41-29(43)20-13-19-5-4-12-40-26(19)23(14-20)47-25-6-2-3-11-39-25/h2-15,45H,16-17H2,1H3,(H2,38,44)(H,41,43)/t31-,32?/m0/s1. The highest BCUT2D eigenvalue weighted by molar-refractivity contribution is 6.00. The molecule has 2 amide bonds. The van der Waals surface area contributed by atoms with Gasteiger partial charge in [0.25, 0.3) is 5.91 Å². The number of carbonyl (C=O) groups is 2. The summed E-state index contributed by atoms with van der Waals surface area (Å²) in [6.07, 6.45) is -2.38. The fraction of sp³-hybridized carbons (Fsp3) is 0.182. The summed E-state index contributed by atoms with van der Waals surface area (Å²) >= 11 is 0. The number of ether oxygens (including phenoxy) is 2. The van der Waals surface area contributed by atoms with Gasteiger partial charge >= 0.3 is 6.18 Å². The molecule has 4 N–H and O–H groups in total. The predicted octanol–water partition coefficient (Wildman–Crippen LogP) is 4.94. The molecule has 240 valence electrons. The van der Waals surface area contributed by atoms with Crippen LogP contribution in [0.1, 0.15) is 28.5 Å². The largest absolute Gasteiger partial charge is 0.489 e. The molecule has 2 aromatic carbocycles. The van der Waals surface area contributed by atoms with Crippen molar-refractivity contribution in [1.82, 2.24) is 20.3 Å². The van der Waals surface area contributed by atoms with Crippen LogP contribution >= 0.6 is 0 Å². The SMILES string of the molecule is C[C@]1(C(N)=O)COc2c1cc(C(O)(CNC(=O)c1cc(Oc3ccccn3)c3ncccc3c1)C(F)(F)F)nc2-c1ccc(F)cc1. The summed E-state index contributed by atoms with van der Waals surface area (Å²) in [6, 6.07) is 16.4. The van der Waals surface area contributed by atoms with Crippen LogP contribution in [0.15, 0.2) is 85.2 Å². The van der Waals surface area contributed by atoms with Gasteiger partial charge in [0.15, 0.2) is 5.75 Å². The van der Waals surface area contributed by atoms with E-state index in [4.69, 9.17) is 15.2 Å². The van der Waals surface area contributed by atoms with Gasteiger partial charge in [0, 0.05) is 40.5 Å². The van der Waals surface area contributed by atoms with E-state index < -0.39 is 47.1 Å². The van der Waals surface area contributed by atoms with Crippen molar-refractivity contribution < 1.29 is 41.7 Å². The smallest absolute Gasteiger partial charge is 0.424 e. The number of primary amides is 1. The number of benzene rings is 2. The van der Waals surface area contributed by atoms with E-state index in [1.807, 2.05) is 0 Å². The topological polar surface area (TPSA) is 150 Å². The molecule has 5 aromatic rings. The number of nitrogens with zero attached hydrogens (tertiary/aromatic N) is 3. The molecule has 10 nitrogen and oxygen atoms in total. The molecule has 3 aromatic heterocycles. The van der Waals surface area contributed by atoms with Crippen molar-refractivity contribution in [2.45, 2.75) is 24.1 Å². The molecule has 0 spiro atoms. The van der Waals surface area contributed by atoms with E-state index >= 15 is 0 Å². The maximum Gasteiger partial charge on any atom is 0.424 e. The van der Waals surface area contributed by atoms with E-state index in [9.17, 15) is 32.3 Å². The number of pyridine rings is 3. The van der Waals surface area contributed by atoms with Gasteiger partial charge < -0.3 is 25.6 Å². The van der Waals surface area contributed by atoms with Crippen LogP contribution in [0.5, 0.6) is 17.4 Å². The van der Waals surface area contributed by atoms with E-state index in [0.29, 0.717) is 10.9 Å². The molecule has 14 heteroatoms. The van der Waals surface area contributed by atoms with E-state index in [2.05, 4.69) is 20.3 Å². The molecule has 47 heavy (non-hydrogen) atoms. The maximum absolute atomic E-state index is 14.8. The third kappa shape index (κ3) is 5.67. The highest BCUT2D eigenvalue weighted by Gasteiger charge is 2.57. The number of hydrogen-bond donors (Lipinski definition) is 3. The number of nitrogens with two attached hydrogens (primary N) is 1. The maximum atomic E-state index is 14.8. The van der Waals surface area contributed by atoms with Crippen LogP contribution in [0.3, 0.4) is 0 Å². The number of rotatable bonds is 8. The Bertz CT molecular complexity index is 2010. The first-order valence-electron chi connectivity index (χ1n) is 14.1. The van der Waals surface area contributed by atoms with Gasteiger partial charge in [-0.25, -0.2) is 14.4 Å². The van der Waals surface area contributed by atoms with E-state index in [0.717, 1.165) is 18.2 Å². The second kappa shape index (κ2) is 11.6. The Balaban J connectivity index is 1.40. The number of aromatic nitrogens is 3. The van der Waals surface area contributed by atoms with Crippen molar-refractivity contribution >= 4 is 22.7 Å². The van der Waals surface area contributed by atoms with Gasteiger partial charge in [-0.3, -0.25) is 14.6 Å². The summed E-state index contributed by atoms with van der Waals surface area (Å²) in [7, 11) is 0. The molecule has 4 heterocycles. The third-order valence-electron chi connectivity index (χ3n) is 7.92. The number of carbonyl (C=O) groups excluding carboxylic acids is 2. The van der Waals surface area contributed by atoms with Crippen molar-refractivity contribution in [1.29, 1.82) is 0 Å². The lowest BCUT2D eigenvalue weighted by molar-refractivity contribution is -0.265. The fourth-order valence-electron chi connectivity index (χ4n) is 5.14. The lowest BCUT2D eigenvalue weighted by Gasteiger charge is -2.31. The summed E-state index contributed by atoms with van der Waals surface area (Å²) in [5.74, 6) is -2.22. The van der Waals surface area contributed by atoms with Crippen LogP contribution < -0.4 is 20.5 Å². The molecule has 0 radical (unpaired) electrons. The number of fused-ring (bicyclic) bond motifs is 2. The molecular weight excluding hydrogens is 622 g/mol. The van der Waals surface area contributed by atoms with E-state index in [1.165, 1.54) is 43.6 Å². The summed E-state index contributed by atoms with van der Waals surface area (Å²) in [5.41, 5.74) is -0.485. The molecule has 1 unspecified atom stereocenters. The molecule has 0 saturated heterocycles. The number of alkyl halides is 3. The minimum atomic E-state index is -5.38. The highest BCUT2D eigenvalue weighted by Crippen LogP contribution is 2.47. The Hall–Kier alpha value is -5.63. The first kappa shape index (κ1) is 31.4. The second-order valence-electron chi connectivity index (χ2n) is 11.1. The van der Waals surface area contributed by atoms with E-state index in [-0.39, 0.29) is 46.4 Å². The van der Waals surface area contributed by atoms with Crippen LogP contribution in [0.2, 0.25) is 0 Å². The first-order chi connectivity index (χ1) is 22.3. The van der Waals surface area contributed by atoms with Crippen LogP contribution in [-0.4, -0.2) is 51.2 Å². The van der Waals surface area contributed by atoms with Gasteiger partial charge in [-0.1, -0.05) is 12.1 Å². The molecule has 1 aliphatic rings. The number of halogens is 4. The number of amides is 2. The zero-order valence-electron chi connectivity index (χ0n) is 24.5. The number of nitrogens with one attached hydrogen (secondary N) is 1. The molecule has 0 saturated carbocycles. The fourth-order valence-corrected chi connectivity index (χ4v) is 5.14. The van der Waals surface area contributed by atoms with Gasteiger partial charge in [-0.2, -0.15) is 13.2 Å². The van der Waals surface area contributed by atoms with Crippen LogP contribution in [-0.2, 0) is 15.8 Å². The minimum absolute atomic E-state index is 0.0413. The number of hydrogen-bond acceptors (Lipinski definition) is 8. The van der Waals surface area contributed by atoms with Crippen LogP contribution in [0.25, 0.3) is 22.2 Å². The van der Waals surface area contributed by atoms with Gasteiger partial charge in [0.2, 0.25) is 17.4 Å². The molecule has 0 aliphatic carbocycles. The average molecular weight is 648 g/mol. The Labute approximate surface area is 264 Å². The van der Waals surface area contributed by atoms with Crippen molar-refractivity contribution in [2.75, 3.05) is 13.2 Å². The molecule has 1 aliphatic heterocycles. The highest BCUT2D eigenvalue weighted by atomic mass is 19.4. The Kier molecular flexibility index (Phi) is 7.76. The normalized spacial score (nSPS) is 17.0. The lowest BCUT2D eigenvalue weighted by Crippen LogP contribution is -2.51. The first-order valence-corrected chi connectivity index (χ1v) is 14.1. The lowest BCUT2D eigenvalue weighted by atomic mass is 9.81. The molecule has 0 fully saturated rings. The molecule has 6 rings (SSSR count). The molecule has 0 bridgehead atoms. The zero-order valence-corrected chi connectivity index (χ0v) is 24.5. The van der Waals surface area contributed by atoms with Crippen LogP contribution in [0, 0.1) is 5.82 Å². The van der Waals surface area contributed by atoms with Gasteiger partial charge in [-0.05, 0) is 61.5 Å². The Morgan fingerprint density at radius 2 is 1.79 bits per heavy atom. The van der Waals surface area contributed by atoms with Crippen molar-refractivity contribution in [3.8, 4) is 28.6 Å².